The summed E-state index contributed by atoms with van der Waals surface area (Å²) < 4.78 is 18.7. The van der Waals surface area contributed by atoms with Crippen LogP contribution in [-0.2, 0) is 17.8 Å². The monoisotopic (exact) mass is 270 g/mol. The summed E-state index contributed by atoms with van der Waals surface area (Å²) in [6, 6.07) is 10.3. The lowest BCUT2D eigenvalue weighted by molar-refractivity contribution is 0.118. The molecule has 0 radical (unpaired) electrons. The maximum absolute atomic E-state index is 13.1. The molecule has 3 nitrogen and oxygen atoms in total. The zero-order valence-corrected chi connectivity index (χ0v) is 11.1. The molecule has 0 N–H and O–H groups in total. The minimum Gasteiger partial charge on any atom is -0.377 e. The minimum absolute atomic E-state index is 0.0582. The SMILES string of the molecule is N#Cc1cc(COCCCc2ccncc2)ccc1F. The molecular formula is C16H15FN2O. The molecule has 1 aromatic carbocycles. The summed E-state index contributed by atoms with van der Waals surface area (Å²) in [5.41, 5.74) is 2.10. The number of benzene rings is 1. The summed E-state index contributed by atoms with van der Waals surface area (Å²) in [7, 11) is 0. The highest BCUT2D eigenvalue weighted by atomic mass is 19.1. The van der Waals surface area contributed by atoms with Crippen LogP contribution in [0.15, 0.2) is 42.7 Å². The Balaban J connectivity index is 1.72. The van der Waals surface area contributed by atoms with Crippen LogP contribution in [0.2, 0.25) is 0 Å². The molecule has 0 spiro atoms. The normalized spacial score (nSPS) is 10.2. The highest BCUT2D eigenvalue weighted by Gasteiger charge is 2.02. The van der Waals surface area contributed by atoms with Crippen LogP contribution in [-0.4, -0.2) is 11.6 Å². The van der Waals surface area contributed by atoms with E-state index in [0.717, 1.165) is 18.4 Å². The van der Waals surface area contributed by atoms with Crippen LogP contribution in [0.1, 0.15) is 23.1 Å². The Morgan fingerprint density at radius 3 is 2.70 bits per heavy atom. The van der Waals surface area contributed by atoms with Crippen molar-refractivity contribution in [1.29, 1.82) is 5.26 Å². The Bertz CT molecular complexity index is 593. The standard InChI is InChI=1S/C16H15FN2O/c17-16-4-3-14(10-15(16)11-18)12-20-9-1-2-13-5-7-19-8-6-13/h3-8,10H,1-2,9,12H2. The first-order chi connectivity index (χ1) is 9.79. The predicted octanol–water partition coefficient (Wildman–Crippen LogP) is 3.24. The number of aromatic nitrogens is 1. The van der Waals surface area contributed by atoms with Crippen molar-refractivity contribution in [3.63, 3.8) is 0 Å². The molecule has 0 amide bonds. The van der Waals surface area contributed by atoms with Crippen LogP contribution in [0, 0.1) is 17.1 Å². The van der Waals surface area contributed by atoms with Gasteiger partial charge in [-0.25, -0.2) is 4.39 Å². The molecule has 4 heteroatoms. The van der Waals surface area contributed by atoms with Gasteiger partial charge in [0.15, 0.2) is 0 Å². The van der Waals surface area contributed by atoms with Crippen LogP contribution in [0.4, 0.5) is 4.39 Å². The zero-order valence-electron chi connectivity index (χ0n) is 11.1. The van der Waals surface area contributed by atoms with Gasteiger partial charge in [0.2, 0.25) is 0 Å². The Labute approximate surface area is 117 Å². The van der Waals surface area contributed by atoms with Crippen molar-refractivity contribution in [1.82, 2.24) is 4.98 Å². The van der Waals surface area contributed by atoms with E-state index >= 15 is 0 Å². The maximum atomic E-state index is 13.1. The second-order valence-corrected chi connectivity index (χ2v) is 4.44. The molecule has 2 aromatic rings. The Kier molecular flexibility index (Phi) is 5.22. The lowest BCUT2D eigenvalue weighted by Crippen LogP contribution is -1.98. The van der Waals surface area contributed by atoms with E-state index in [1.165, 1.54) is 17.7 Å². The third-order valence-corrected chi connectivity index (χ3v) is 2.92. The van der Waals surface area contributed by atoms with Crippen molar-refractivity contribution in [2.75, 3.05) is 6.61 Å². The number of hydrogen-bond donors (Lipinski definition) is 0. The molecule has 0 unspecified atom stereocenters. The van der Waals surface area contributed by atoms with E-state index in [1.807, 2.05) is 18.2 Å². The van der Waals surface area contributed by atoms with Gasteiger partial charge in [-0.1, -0.05) is 6.07 Å². The van der Waals surface area contributed by atoms with Crippen LogP contribution in [0.3, 0.4) is 0 Å². The summed E-state index contributed by atoms with van der Waals surface area (Å²) >= 11 is 0. The molecule has 0 aliphatic rings. The van der Waals surface area contributed by atoms with Gasteiger partial charge in [-0.15, -0.1) is 0 Å². The predicted molar refractivity (Wildman–Crippen MR) is 73.3 cm³/mol. The van der Waals surface area contributed by atoms with Crippen molar-refractivity contribution in [3.8, 4) is 6.07 Å². The molecule has 0 saturated carbocycles. The van der Waals surface area contributed by atoms with E-state index < -0.39 is 5.82 Å². The summed E-state index contributed by atoms with van der Waals surface area (Å²) in [6.07, 6.45) is 5.40. The minimum atomic E-state index is -0.492. The summed E-state index contributed by atoms with van der Waals surface area (Å²) in [5.74, 6) is -0.492. The molecule has 2 rings (SSSR count). The average molecular weight is 270 g/mol. The highest BCUT2D eigenvalue weighted by Crippen LogP contribution is 2.11. The first kappa shape index (κ1) is 14.2. The van der Waals surface area contributed by atoms with Gasteiger partial charge in [0.1, 0.15) is 11.9 Å². The topological polar surface area (TPSA) is 45.9 Å². The van der Waals surface area contributed by atoms with E-state index in [9.17, 15) is 4.39 Å². The van der Waals surface area contributed by atoms with Crippen LogP contribution in [0.5, 0.6) is 0 Å². The van der Waals surface area contributed by atoms with Crippen molar-refractivity contribution >= 4 is 0 Å². The largest absolute Gasteiger partial charge is 0.377 e. The fourth-order valence-electron chi connectivity index (χ4n) is 1.87. The van der Waals surface area contributed by atoms with Gasteiger partial charge in [-0.3, -0.25) is 4.98 Å². The lowest BCUT2D eigenvalue weighted by atomic mass is 10.1. The first-order valence-corrected chi connectivity index (χ1v) is 6.45. The number of nitrogens with zero attached hydrogens (tertiary/aromatic N) is 2. The number of rotatable bonds is 6. The third-order valence-electron chi connectivity index (χ3n) is 2.92. The van der Waals surface area contributed by atoms with E-state index in [2.05, 4.69) is 4.98 Å². The first-order valence-electron chi connectivity index (χ1n) is 6.45. The van der Waals surface area contributed by atoms with E-state index in [1.54, 1.807) is 18.5 Å². The second-order valence-electron chi connectivity index (χ2n) is 4.44. The van der Waals surface area contributed by atoms with E-state index in [4.69, 9.17) is 10.00 Å². The van der Waals surface area contributed by atoms with Gasteiger partial charge in [-0.05, 0) is 48.2 Å². The molecule has 0 atom stereocenters. The van der Waals surface area contributed by atoms with Gasteiger partial charge in [-0.2, -0.15) is 5.26 Å². The highest BCUT2D eigenvalue weighted by molar-refractivity contribution is 5.34. The van der Waals surface area contributed by atoms with Gasteiger partial charge in [0, 0.05) is 19.0 Å². The van der Waals surface area contributed by atoms with Gasteiger partial charge in [0.25, 0.3) is 0 Å². The molecule has 20 heavy (non-hydrogen) atoms. The fraction of sp³-hybridized carbons (Fsp3) is 0.250. The van der Waals surface area contributed by atoms with E-state index in [0.29, 0.717) is 13.2 Å². The average Bonchev–Trinajstić information content (AvgIpc) is 2.49. The van der Waals surface area contributed by atoms with Crippen LogP contribution < -0.4 is 0 Å². The summed E-state index contributed by atoms with van der Waals surface area (Å²) in [5, 5.41) is 8.74. The van der Waals surface area contributed by atoms with Crippen LogP contribution >= 0.6 is 0 Å². The Morgan fingerprint density at radius 1 is 1.15 bits per heavy atom. The van der Waals surface area contributed by atoms with Crippen molar-refractivity contribution < 1.29 is 9.13 Å². The summed E-state index contributed by atoms with van der Waals surface area (Å²) in [6.45, 7) is 1.02. The number of ether oxygens (including phenoxy) is 1. The molecular weight excluding hydrogens is 255 g/mol. The molecule has 102 valence electrons. The quantitative estimate of drug-likeness (QED) is 0.757. The lowest BCUT2D eigenvalue weighted by Gasteiger charge is -2.05. The smallest absolute Gasteiger partial charge is 0.140 e. The molecule has 0 saturated heterocycles. The fourth-order valence-corrected chi connectivity index (χ4v) is 1.87. The van der Waals surface area contributed by atoms with Crippen molar-refractivity contribution in [3.05, 3.63) is 65.2 Å². The molecule has 1 heterocycles. The zero-order chi connectivity index (χ0) is 14.2. The van der Waals surface area contributed by atoms with Crippen molar-refractivity contribution in [2.24, 2.45) is 0 Å². The molecule has 0 aliphatic carbocycles. The number of pyridine rings is 1. The molecule has 0 aliphatic heterocycles. The third kappa shape index (κ3) is 4.15. The molecule has 0 fully saturated rings. The number of aryl methyl sites for hydroxylation is 1. The van der Waals surface area contributed by atoms with Crippen molar-refractivity contribution in [2.45, 2.75) is 19.4 Å². The van der Waals surface area contributed by atoms with Gasteiger partial charge in [0.05, 0.1) is 12.2 Å². The van der Waals surface area contributed by atoms with Gasteiger partial charge < -0.3 is 4.74 Å². The molecule has 0 bridgehead atoms. The van der Waals surface area contributed by atoms with Gasteiger partial charge >= 0.3 is 0 Å². The number of hydrogen-bond acceptors (Lipinski definition) is 3. The van der Waals surface area contributed by atoms with E-state index in [-0.39, 0.29) is 5.56 Å². The Hall–Kier alpha value is -2.25. The number of nitriles is 1. The Morgan fingerprint density at radius 2 is 1.95 bits per heavy atom. The molecule has 1 aromatic heterocycles. The van der Waals surface area contributed by atoms with Crippen LogP contribution in [0.25, 0.3) is 0 Å². The second kappa shape index (κ2) is 7.37. The maximum Gasteiger partial charge on any atom is 0.140 e. The number of halogens is 1. The summed E-state index contributed by atoms with van der Waals surface area (Å²) in [4.78, 5) is 3.96.